The number of aliphatic hydroxyl groups is 1. The van der Waals surface area contributed by atoms with E-state index in [0.717, 1.165) is 16.5 Å². The number of amides is 2. The highest BCUT2D eigenvalue weighted by Gasteiger charge is 2.24. The molecule has 2 aromatic rings. The van der Waals surface area contributed by atoms with Crippen molar-refractivity contribution in [2.24, 2.45) is 0 Å². The van der Waals surface area contributed by atoms with Crippen molar-refractivity contribution < 1.29 is 9.90 Å². The highest BCUT2D eigenvalue weighted by atomic mass is 16.3. The lowest BCUT2D eigenvalue weighted by molar-refractivity contribution is 0.176. The maximum atomic E-state index is 12.1. The predicted octanol–water partition coefficient (Wildman–Crippen LogP) is 2.44. The molecule has 1 aliphatic rings. The normalized spacial score (nSPS) is 18.8. The molecule has 1 heterocycles. The number of hydrogen-bond acceptors (Lipinski definition) is 2. The maximum absolute atomic E-state index is 12.1. The molecule has 0 aliphatic carbocycles. The van der Waals surface area contributed by atoms with E-state index in [2.05, 4.69) is 5.32 Å². The van der Waals surface area contributed by atoms with Crippen molar-refractivity contribution in [3.05, 3.63) is 42.5 Å². The Labute approximate surface area is 111 Å². The van der Waals surface area contributed by atoms with E-state index in [0.29, 0.717) is 19.5 Å². The number of urea groups is 1. The van der Waals surface area contributed by atoms with Gasteiger partial charge in [0.25, 0.3) is 0 Å². The van der Waals surface area contributed by atoms with Crippen LogP contribution in [0.25, 0.3) is 10.8 Å². The standard InChI is InChI=1S/C15H16N2O2/c18-12-8-9-17(10-12)15(19)16-14-7-3-5-11-4-1-2-6-13(11)14/h1-7,12,18H,8-10H2,(H,16,19)/t12-/m0/s1. The molecule has 0 spiro atoms. The van der Waals surface area contributed by atoms with E-state index in [4.69, 9.17) is 0 Å². The third-order valence-electron chi connectivity index (χ3n) is 3.48. The molecule has 1 fully saturated rings. The lowest BCUT2D eigenvalue weighted by Gasteiger charge is -2.17. The van der Waals surface area contributed by atoms with Crippen molar-refractivity contribution in [1.29, 1.82) is 0 Å². The van der Waals surface area contributed by atoms with Crippen LogP contribution in [0, 0.1) is 0 Å². The summed E-state index contributed by atoms with van der Waals surface area (Å²) in [6, 6.07) is 13.6. The number of rotatable bonds is 1. The van der Waals surface area contributed by atoms with Gasteiger partial charge < -0.3 is 15.3 Å². The summed E-state index contributed by atoms with van der Waals surface area (Å²) in [5, 5.41) is 14.5. The maximum Gasteiger partial charge on any atom is 0.321 e. The predicted molar refractivity (Wildman–Crippen MR) is 75.2 cm³/mol. The zero-order chi connectivity index (χ0) is 13.2. The number of aliphatic hydroxyl groups excluding tert-OH is 1. The summed E-state index contributed by atoms with van der Waals surface area (Å²) >= 11 is 0. The van der Waals surface area contributed by atoms with Crippen LogP contribution in [-0.4, -0.2) is 35.2 Å². The largest absolute Gasteiger partial charge is 0.391 e. The van der Waals surface area contributed by atoms with Gasteiger partial charge in [-0.3, -0.25) is 0 Å². The summed E-state index contributed by atoms with van der Waals surface area (Å²) in [5.41, 5.74) is 0.810. The first kappa shape index (κ1) is 12.0. The number of fused-ring (bicyclic) bond motifs is 1. The molecule has 3 rings (SSSR count). The summed E-state index contributed by atoms with van der Waals surface area (Å²) in [7, 11) is 0. The first-order valence-electron chi connectivity index (χ1n) is 6.46. The van der Waals surface area contributed by atoms with Crippen LogP contribution in [0.2, 0.25) is 0 Å². The molecule has 19 heavy (non-hydrogen) atoms. The quantitative estimate of drug-likeness (QED) is 0.823. The zero-order valence-electron chi connectivity index (χ0n) is 10.5. The fourth-order valence-electron chi connectivity index (χ4n) is 2.45. The lowest BCUT2D eigenvalue weighted by Crippen LogP contribution is -2.33. The van der Waals surface area contributed by atoms with Crippen LogP contribution < -0.4 is 5.32 Å². The smallest absolute Gasteiger partial charge is 0.321 e. The molecule has 0 saturated carbocycles. The van der Waals surface area contributed by atoms with E-state index in [-0.39, 0.29) is 6.03 Å². The van der Waals surface area contributed by atoms with Crippen LogP contribution in [0.15, 0.2) is 42.5 Å². The van der Waals surface area contributed by atoms with Crippen molar-refractivity contribution >= 4 is 22.5 Å². The first-order chi connectivity index (χ1) is 9.24. The third kappa shape index (κ3) is 2.39. The summed E-state index contributed by atoms with van der Waals surface area (Å²) in [4.78, 5) is 13.8. The average molecular weight is 256 g/mol. The molecule has 2 N–H and O–H groups in total. The fraction of sp³-hybridized carbons (Fsp3) is 0.267. The average Bonchev–Trinajstić information content (AvgIpc) is 2.86. The second kappa shape index (κ2) is 4.90. The van der Waals surface area contributed by atoms with Crippen molar-refractivity contribution in [2.75, 3.05) is 18.4 Å². The minimum absolute atomic E-state index is 0.145. The van der Waals surface area contributed by atoms with E-state index < -0.39 is 6.10 Å². The van der Waals surface area contributed by atoms with Gasteiger partial charge >= 0.3 is 6.03 Å². The topological polar surface area (TPSA) is 52.6 Å². The zero-order valence-corrected chi connectivity index (χ0v) is 10.5. The van der Waals surface area contributed by atoms with Gasteiger partial charge in [0, 0.05) is 18.5 Å². The molecule has 0 unspecified atom stereocenters. The number of carbonyl (C=O) groups excluding carboxylic acids is 1. The number of nitrogens with one attached hydrogen (secondary N) is 1. The highest BCUT2D eigenvalue weighted by Crippen LogP contribution is 2.23. The van der Waals surface area contributed by atoms with E-state index in [1.54, 1.807) is 4.90 Å². The number of benzene rings is 2. The molecule has 1 aliphatic heterocycles. The van der Waals surface area contributed by atoms with Crippen LogP contribution in [0.4, 0.5) is 10.5 Å². The van der Waals surface area contributed by atoms with Gasteiger partial charge in [0.1, 0.15) is 0 Å². The molecular formula is C15H16N2O2. The van der Waals surface area contributed by atoms with Crippen LogP contribution in [0.1, 0.15) is 6.42 Å². The Balaban J connectivity index is 1.83. The summed E-state index contributed by atoms with van der Waals surface area (Å²) < 4.78 is 0. The van der Waals surface area contributed by atoms with Crippen molar-refractivity contribution in [3.63, 3.8) is 0 Å². The Bertz CT molecular complexity index is 607. The Kier molecular flexibility index (Phi) is 3.09. The van der Waals surface area contributed by atoms with Gasteiger partial charge in [-0.1, -0.05) is 36.4 Å². The number of nitrogens with zero attached hydrogens (tertiary/aromatic N) is 1. The molecular weight excluding hydrogens is 240 g/mol. The summed E-state index contributed by atoms with van der Waals surface area (Å²) in [6.07, 6.45) is 0.265. The van der Waals surface area contributed by atoms with Crippen molar-refractivity contribution in [2.45, 2.75) is 12.5 Å². The number of likely N-dealkylation sites (tertiary alicyclic amines) is 1. The van der Waals surface area contributed by atoms with Crippen molar-refractivity contribution in [1.82, 2.24) is 4.90 Å². The number of anilines is 1. The highest BCUT2D eigenvalue weighted by molar-refractivity contribution is 6.01. The SMILES string of the molecule is O=C(Nc1cccc2ccccc12)N1CC[C@H](O)C1. The first-order valence-corrected chi connectivity index (χ1v) is 6.46. The van der Waals surface area contributed by atoms with Crippen LogP contribution >= 0.6 is 0 Å². The van der Waals surface area contributed by atoms with Gasteiger partial charge in [-0.2, -0.15) is 0 Å². The molecule has 4 heteroatoms. The van der Waals surface area contributed by atoms with Crippen LogP contribution in [0.3, 0.4) is 0 Å². The molecule has 2 amide bonds. The Morgan fingerprint density at radius 3 is 2.79 bits per heavy atom. The number of carbonyl (C=O) groups is 1. The molecule has 0 radical (unpaired) electrons. The molecule has 1 saturated heterocycles. The Hall–Kier alpha value is -2.07. The molecule has 2 aromatic carbocycles. The van der Waals surface area contributed by atoms with E-state index in [9.17, 15) is 9.90 Å². The van der Waals surface area contributed by atoms with Crippen molar-refractivity contribution in [3.8, 4) is 0 Å². The number of hydrogen-bond donors (Lipinski definition) is 2. The lowest BCUT2D eigenvalue weighted by atomic mass is 10.1. The van der Waals surface area contributed by atoms with E-state index in [1.807, 2.05) is 42.5 Å². The van der Waals surface area contributed by atoms with Gasteiger partial charge in [-0.25, -0.2) is 4.79 Å². The van der Waals surface area contributed by atoms with E-state index >= 15 is 0 Å². The summed E-state index contributed by atoms with van der Waals surface area (Å²) in [5.74, 6) is 0. The van der Waals surface area contributed by atoms with Gasteiger partial charge in [0.05, 0.1) is 11.8 Å². The minimum atomic E-state index is -0.390. The fourth-order valence-corrected chi connectivity index (χ4v) is 2.45. The monoisotopic (exact) mass is 256 g/mol. The van der Waals surface area contributed by atoms with Gasteiger partial charge in [-0.05, 0) is 17.9 Å². The number of β-amino-alcohol motifs (C(OH)–C–C–N with tert-alkyl or cyclic N) is 1. The molecule has 1 atom stereocenters. The van der Waals surface area contributed by atoms with Crippen LogP contribution in [-0.2, 0) is 0 Å². The summed E-state index contributed by atoms with van der Waals surface area (Å²) in [6.45, 7) is 1.02. The van der Waals surface area contributed by atoms with Gasteiger partial charge in [0.15, 0.2) is 0 Å². The van der Waals surface area contributed by atoms with Crippen LogP contribution in [0.5, 0.6) is 0 Å². The molecule has 98 valence electrons. The Morgan fingerprint density at radius 1 is 1.21 bits per heavy atom. The van der Waals surface area contributed by atoms with Gasteiger partial charge in [-0.15, -0.1) is 0 Å². The van der Waals surface area contributed by atoms with Gasteiger partial charge in [0.2, 0.25) is 0 Å². The second-order valence-electron chi connectivity index (χ2n) is 4.85. The second-order valence-corrected chi connectivity index (χ2v) is 4.85. The van der Waals surface area contributed by atoms with E-state index in [1.165, 1.54) is 0 Å². The molecule has 0 bridgehead atoms. The molecule has 4 nitrogen and oxygen atoms in total. The minimum Gasteiger partial charge on any atom is -0.391 e. The molecule has 0 aromatic heterocycles. The Morgan fingerprint density at radius 2 is 2.00 bits per heavy atom. The third-order valence-corrected chi connectivity index (χ3v) is 3.48.